The van der Waals surface area contributed by atoms with Crippen LogP contribution in [-0.2, 0) is 4.89 Å². The van der Waals surface area contributed by atoms with E-state index in [-0.39, 0.29) is 18.3 Å². The third-order valence-electron chi connectivity index (χ3n) is 2.21. The highest BCUT2D eigenvalue weighted by Crippen LogP contribution is 2.16. The first-order chi connectivity index (χ1) is 6.65. The summed E-state index contributed by atoms with van der Waals surface area (Å²) in [5.74, 6) is 0.184. The maximum Gasteiger partial charge on any atom is 0.159 e. The van der Waals surface area contributed by atoms with Crippen molar-refractivity contribution in [2.24, 2.45) is 0 Å². The van der Waals surface area contributed by atoms with Gasteiger partial charge in [-0.2, -0.15) is 0 Å². The molecule has 3 heteroatoms. The Labute approximate surface area is 83.3 Å². The van der Waals surface area contributed by atoms with Gasteiger partial charge in [0.05, 0.1) is 6.61 Å². The highest BCUT2D eigenvalue weighted by molar-refractivity contribution is 5.94. The van der Waals surface area contributed by atoms with Crippen molar-refractivity contribution in [1.29, 1.82) is 0 Å². The fourth-order valence-corrected chi connectivity index (χ4v) is 1.25. The summed E-state index contributed by atoms with van der Waals surface area (Å²) in [5.41, 5.74) is 1.75. The lowest BCUT2D eigenvalue weighted by atomic mass is 10.00. The van der Waals surface area contributed by atoms with E-state index in [1.807, 2.05) is 19.1 Å². The zero-order valence-electron chi connectivity index (χ0n) is 8.36. The topological polar surface area (TPSA) is 46.5 Å². The van der Waals surface area contributed by atoms with Crippen molar-refractivity contribution in [2.75, 3.05) is 6.61 Å². The van der Waals surface area contributed by atoms with Crippen molar-refractivity contribution in [1.82, 2.24) is 0 Å². The minimum absolute atomic E-state index is 0.0580. The van der Waals surface area contributed by atoms with Crippen molar-refractivity contribution in [3.63, 3.8) is 0 Å². The summed E-state index contributed by atoms with van der Waals surface area (Å²) >= 11 is 0. The van der Waals surface area contributed by atoms with Crippen LogP contribution in [0, 0.1) is 0 Å². The molecule has 1 rings (SSSR count). The molecule has 1 N–H and O–H groups in total. The molecule has 0 unspecified atom stereocenters. The standard InChI is InChI=1S/C11H14O3/c1-8(7-14-13)10-3-5-11(6-4-10)9(2)12/h3-6,8,13H,7H2,1-2H3/t8-/m1/s1. The minimum Gasteiger partial charge on any atom is -0.295 e. The predicted molar refractivity (Wildman–Crippen MR) is 53.4 cm³/mol. The molecule has 0 spiro atoms. The average molecular weight is 194 g/mol. The van der Waals surface area contributed by atoms with Crippen LogP contribution in [0.15, 0.2) is 24.3 Å². The minimum atomic E-state index is 0.0580. The monoisotopic (exact) mass is 194 g/mol. The number of hydrogen-bond acceptors (Lipinski definition) is 3. The van der Waals surface area contributed by atoms with Gasteiger partial charge in [-0.25, -0.2) is 4.89 Å². The highest BCUT2D eigenvalue weighted by Gasteiger charge is 2.06. The summed E-state index contributed by atoms with van der Waals surface area (Å²) in [6.45, 7) is 3.74. The van der Waals surface area contributed by atoms with Gasteiger partial charge in [-0.3, -0.25) is 10.1 Å². The number of Topliss-reactive ketones (excluding diaryl/α,β-unsaturated/α-hetero) is 1. The van der Waals surface area contributed by atoms with Gasteiger partial charge in [0.15, 0.2) is 5.78 Å². The molecule has 0 bridgehead atoms. The van der Waals surface area contributed by atoms with Gasteiger partial charge >= 0.3 is 0 Å². The van der Waals surface area contributed by atoms with Gasteiger partial charge < -0.3 is 0 Å². The molecule has 1 atom stereocenters. The molecular formula is C11H14O3. The van der Waals surface area contributed by atoms with E-state index >= 15 is 0 Å². The van der Waals surface area contributed by atoms with E-state index in [0.29, 0.717) is 5.56 Å². The predicted octanol–water partition coefficient (Wildman–Crippen LogP) is 2.48. The first kappa shape index (κ1) is 10.9. The van der Waals surface area contributed by atoms with Crippen molar-refractivity contribution in [3.8, 4) is 0 Å². The van der Waals surface area contributed by atoms with Gasteiger partial charge in [-0.05, 0) is 12.5 Å². The summed E-state index contributed by atoms with van der Waals surface area (Å²) < 4.78 is 0. The largest absolute Gasteiger partial charge is 0.295 e. The molecule has 1 aromatic carbocycles. The van der Waals surface area contributed by atoms with Gasteiger partial charge in [0.25, 0.3) is 0 Å². The molecule has 0 saturated carbocycles. The number of carbonyl (C=O) groups is 1. The lowest BCUT2D eigenvalue weighted by Crippen LogP contribution is -2.02. The highest BCUT2D eigenvalue weighted by atomic mass is 17.1. The summed E-state index contributed by atoms with van der Waals surface area (Å²) in [5, 5.41) is 8.29. The Morgan fingerprint density at radius 2 is 2.00 bits per heavy atom. The Balaban J connectivity index is 2.77. The van der Waals surface area contributed by atoms with Crippen LogP contribution in [0.5, 0.6) is 0 Å². The number of hydrogen-bond donors (Lipinski definition) is 1. The van der Waals surface area contributed by atoms with Crippen molar-refractivity contribution < 1.29 is 14.9 Å². The average Bonchev–Trinajstić information content (AvgIpc) is 2.18. The first-order valence-corrected chi connectivity index (χ1v) is 4.52. The van der Waals surface area contributed by atoms with E-state index in [0.717, 1.165) is 5.56 Å². The normalized spacial score (nSPS) is 12.5. The van der Waals surface area contributed by atoms with E-state index in [1.165, 1.54) is 6.92 Å². The van der Waals surface area contributed by atoms with E-state index in [1.54, 1.807) is 12.1 Å². The van der Waals surface area contributed by atoms with Gasteiger partial charge in [-0.15, -0.1) is 0 Å². The lowest BCUT2D eigenvalue weighted by Gasteiger charge is -2.09. The van der Waals surface area contributed by atoms with Crippen LogP contribution in [0.2, 0.25) is 0 Å². The fraction of sp³-hybridized carbons (Fsp3) is 0.364. The SMILES string of the molecule is CC(=O)c1ccc([C@H](C)COO)cc1. The smallest absolute Gasteiger partial charge is 0.159 e. The molecule has 0 aliphatic carbocycles. The molecule has 3 nitrogen and oxygen atoms in total. The van der Waals surface area contributed by atoms with E-state index in [2.05, 4.69) is 4.89 Å². The van der Waals surface area contributed by atoms with Crippen molar-refractivity contribution >= 4 is 5.78 Å². The number of ketones is 1. The maximum absolute atomic E-state index is 11.0. The molecule has 0 amide bonds. The van der Waals surface area contributed by atoms with Crippen LogP contribution >= 0.6 is 0 Å². The third kappa shape index (κ3) is 2.65. The Bertz CT molecular complexity index is 303. The third-order valence-corrected chi connectivity index (χ3v) is 2.21. The molecule has 0 saturated heterocycles. The molecule has 14 heavy (non-hydrogen) atoms. The second-order valence-corrected chi connectivity index (χ2v) is 3.38. The number of carbonyl (C=O) groups excluding carboxylic acids is 1. The number of benzene rings is 1. The summed E-state index contributed by atoms with van der Waals surface area (Å²) in [6, 6.07) is 7.32. The Kier molecular flexibility index (Phi) is 3.80. The van der Waals surface area contributed by atoms with Crippen LogP contribution in [0.3, 0.4) is 0 Å². The molecule has 0 aromatic heterocycles. The molecule has 0 radical (unpaired) electrons. The van der Waals surface area contributed by atoms with Crippen LogP contribution < -0.4 is 0 Å². The van der Waals surface area contributed by atoms with E-state index in [4.69, 9.17) is 5.26 Å². The van der Waals surface area contributed by atoms with Crippen molar-refractivity contribution in [2.45, 2.75) is 19.8 Å². The first-order valence-electron chi connectivity index (χ1n) is 4.52. The summed E-state index contributed by atoms with van der Waals surface area (Å²) in [4.78, 5) is 15.1. The number of rotatable bonds is 4. The Hall–Kier alpha value is -1.19. The zero-order valence-corrected chi connectivity index (χ0v) is 8.36. The summed E-state index contributed by atoms with van der Waals surface area (Å²) in [6.07, 6.45) is 0. The summed E-state index contributed by atoms with van der Waals surface area (Å²) in [7, 11) is 0. The molecule has 0 aliphatic heterocycles. The second-order valence-electron chi connectivity index (χ2n) is 3.38. The van der Waals surface area contributed by atoms with Gasteiger partial charge in [0.1, 0.15) is 0 Å². The molecule has 0 fully saturated rings. The lowest BCUT2D eigenvalue weighted by molar-refractivity contribution is -0.245. The molecule has 0 heterocycles. The van der Waals surface area contributed by atoms with Crippen LogP contribution in [0.4, 0.5) is 0 Å². The molecule has 1 aromatic rings. The second kappa shape index (κ2) is 4.88. The van der Waals surface area contributed by atoms with Crippen LogP contribution in [0.25, 0.3) is 0 Å². The fourth-order valence-electron chi connectivity index (χ4n) is 1.25. The van der Waals surface area contributed by atoms with E-state index < -0.39 is 0 Å². The van der Waals surface area contributed by atoms with Crippen LogP contribution in [-0.4, -0.2) is 17.6 Å². The van der Waals surface area contributed by atoms with Gasteiger partial charge in [0, 0.05) is 11.5 Å². The van der Waals surface area contributed by atoms with E-state index in [9.17, 15) is 4.79 Å². The maximum atomic E-state index is 11.0. The van der Waals surface area contributed by atoms with Crippen LogP contribution in [0.1, 0.15) is 35.7 Å². The quantitative estimate of drug-likeness (QED) is 0.455. The zero-order chi connectivity index (χ0) is 10.6. The molecular weight excluding hydrogens is 180 g/mol. The van der Waals surface area contributed by atoms with Crippen molar-refractivity contribution in [3.05, 3.63) is 35.4 Å². The molecule has 0 aliphatic rings. The van der Waals surface area contributed by atoms with Gasteiger partial charge in [-0.1, -0.05) is 31.2 Å². The van der Waals surface area contributed by atoms with Gasteiger partial charge in [0.2, 0.25) is 0 Å². The Morgan fingerprint density at radius 1 is 1.43 bits per heavy atom. The molecule has 76 valence electrons. The Morgan fingerprint density at radius 3 is 2.43 bits per heavy atom.